The molecule has 7 heteroatoms. The molecule has 0 unspecified atom stereocenters. The van der Waals surface area contributed by atoms with E-state index >= 15 is 0 Å². The Balaban J connectivity index is 1.66. The normalized spacial score (nSPS) is 15.8. The molecule has 4 rings (SSSR count). The Hall–Kier alpha value is -2.18. The van der Waals surface area contributed by atoms with E-state index in [0.29, 0.717) is 22.1 Å². The van der Waals surface area contributed by atoms with Crippen molar-refractivity contribution in [3.05, 3.63) is 35.6 Å². The highest BCUT2D eigenvalue weighted by molar-refractivity contribution is 6.33. The number of aromatic nitrogens is 3. The van der Waals surface area contributed by atoms with Gasteiger partial charge in [-0.3, -0.25) is 4.90 Å². The number of rotatable bonds is 4. The van der Waals surface area contributed by atoms with E-state index in [4.69, 9.17) is 16.0 Å². The molecule has 1 saturated heterocycles. The Kier molecular flexibility index (Phi) is 4.55. The monoisotopic (exact) mass is 357 g/mol. The Morgan fingerprint density at radius 1 is 1.12 bits per heavy atom. The van der Waals surface area contributed by atoms with Crippen LogP contribution in [0.1, 0.15) is 13.3 Å². The molecule has 3 aromatic rings. The van der Waals surface area contributed by atoms with Gasteiger partial charge in [0.25, 0.3) is 5.71 Å². The zero-order valence-corrected chi connectivity index (χ0v) is 14.9. The molecule has 1 aliphatic rings. The third-order valence-corrected chi connectivity index (χ3v) is 4.82. The zero-order valence-electron chi connectivity index (χ0n) is 14.2. The maximum atomic E-state index is 6.27. The third kappa shape index (κ3) is 3.19. The molecule has 0 aliphatic carbocycles. The van der Waals surface area contributed by atoms with E-state index in [-0.39, 0.29) is 0 Å². The molecule has 0 N–H and O–H groups in total. The first-order valence-electron chi connectivity index (χ1n) is 8.60. The van der Waals surface area contributed by atoms with E-state index < -0.39 is 0 Å². The van der Waals surface area contributed by atoms with Crippen molar-refractivity contribution in [2.24, 2.45) is 0 Å². The van der Waals surface area contributed by atoms with Gasteiger partial charge in [0.05, 0.1) is 10.6 Å². The largest absolute Gasteiger partial charge is 0.417 e. The van der Waals surface area contributed by atoms with Gasteiger partial charge in [0.15, 0.2) is 11.3 Å². The zero-order chi connectivity index (χ0) is 17.2. The molecule has 0 atom stereocenters. The first-order chi connectivity index (χ1) is 12.3. The number of piperazine rings is 1. The summed E-state index contributed by atoms with van der Waals surface area (Å²) in [7, 11) is 0. The third-order valence-electron chi connectivity index (χ3n) is 4.49. The molecule has 3 heterocycles. The number of hydrogen-bond acceptors (Lipinski definition) is 6. The smallest absolute Gasteiger partial charge is 0.252 e. The van der Waals surface area contributed by atoms with Crippen LogP contribution in [0.5, 0.6) is 0 Å². The van der Waals surface area contributed by atoms with Crippen LogP contribution in [0.2, 0.25) is 5.02 Å². The lowest BCUT2D eigenvalue weighted by Gasteiger charge is -2.35. The van der Waals surface area contributed by atoms with Crippen molar-refractivity contribution < 1.29 is 4.42 Å². The lowest BCUT2D eigenvalue weighted by molar-refractivity contribution is 0.258. The van der Waals surface area contributed by atoms with Crippen LogP contribution in [0.25, 0.3) is 22.7 Å². The Bertz CT molecular complexity index is 873. The van der Waals surface area contributed by atoms with Crippen LogP contribution in [0.3, 0.4) is 0 Å². The minimum Gasteiger partial charge on any atom is -0.417 e. The second-order valence-corrected chi connectivity index (χ2v) is 6.59. The maximum absolute atomic E-state index is 6.27. The summed E-state index contributed by atoms with van der Waals surface area (Å²) in [5.74, 6) is 1.31. The van der Waals surface area contributed by atoms with Gasteiger partial charge in [0.1, 0.15) is 6.33 Å². The van der Waals surface area contributed by atoms with Crippen LogP contribution in [0.4, 0.5) is 5.82 Å². The van der Waals surface area contributed by atoms with Crippen molar-refractivity contribution in [1.82, 2.24) is 19.9 Å². The number of nitrogens with zero attached hydrogens (tertiary/aromatic N) is 5. The van der Waals surface area contributed by atoms with Crippen molar-refractivity contribution >= 4 is 28.6 Å². The van der Waals surface area contributed by atoms with E-state index in [1.807, 2.05) is 24.3 Å². The molecule has 130 valence electrons. The summed E-state index contributed by atoms with van der Waals surface area (Å²) in [6.45, 7) is 7.30. The van der Waals surface area contributed by atoms with Crippen LogP contribution in [0.15, 0.2) is 35.0 Å². The fourth-order valence-corrected chi connectivity index (χ4v) is 3.44. The number of fused-ring (bicyclic) bond motifs is 1. The molecule has 6 nitrogen and oxygen atoms in total. The van der Waals surface area contributed by atoms with E-state index in [0.717, 1.165) is 44.1 Å². The predicted octanol–water partition coefficient (Wildman–Crippen LogP) is 3.47. The molecule has 1 aliphatic heterocycles. The topological polar surface area (TPSA) is 58.3 Å². The van der Waals surface area contributed by atoms with Crippen LogP contribution in [0, 0.1) is 0 Å². The molecule has 0 radical (unpaired) electrons. The van der Waals surface area contributed by atoms with Crippen LogP contribution in [-0.2, 0) is 0 Å². The molecular formula is C18H20ClN5O. The molecule has 2 aromatic heterocycles. The highest BCUT2D eigenvalue weighted by atomic mass is 35.5. The fourth-order valence-electron chi connectivity index (χ4n) is 3.22. The number of benzene rings is 1. The number of anilines is 1. The minimum absolute atomic E-state index is 0.479. The Labute approximate surface area is 151 Å². The van der Waals surface area contributed by atoms with Crippen LogP contribution >= 0.6 is 11.6 Å². The number of hydrogen-bond donors (Lipinski definition) is 0. The van der Waals surface area contributed by atoms with Crippen molar-refractivity contribution in [2.75, 3.05) is 37.6 Å². The minimum atomic E-state index is 0.479. The molecule has 0 bridgehead atoms. The van der Waals surface area contributed by atoms with Gasteiger partial charge in [-0.2, -0.15) is 4.98 Å². The molecule has 1 aromatic carbocycles. The van der Waals surface area contributed by atoms with E-state index in [1.165, 1.54) is 12.7 Å². The highest BCUT2D eigenvalue weighted by Gasteiger charge is 2.22. The highest BCUT2D eigenvalue weighted by Crippen LogP contribution is 2.31. The van der Waals surface area contributed by atoms with Gasteiger partial charge in [-0.1, -0.05) is 30.7 Å². The van der Waals surface area contributed by atoms with Gasteiger partial charge in [-0.15, -0.1) is 0 Å². The summed E-state index contributed by atoms with van der Waals surface area (Å²) < 4.78 is 5.84. The lowest BCUT2D eigenvalue weighted by atomic mass is 10.2. The van der Waals surface area contributed by atoms with Crippen molar-refractivity contribution in [2.45, 2.75) is 13.3 Å². The first-order valence-corrected chi connectivity index (χ1v) is 8.98. The molecule has 1 fully saturated rings. The second-order valence-electron chi connectivity index (χ2n) is 6.18. The summed E-state index contributed by atoms with van der Waals surface area (Å²) in [5, 5.41) is 0.608. The summed E-state index contributed by atoms with van der Waals surface area (Å²) in [4.78, 5) is 18.1. The lowest BCUT2D eigenvalue weighted by Crippen LogP contribution is -2.46. The summed E-state index contributed by atoms with van der Waals surface area (Å²) in [5.41, 5.74) is 1.96. The van der Waals surface area contributed by atoms with Gasteiger partial charge < -0.3 is 9.32 Å². The van der Waals surface area contributed by atoms with Crippen LogP contribution in [-0.4, -0.2) is 52.6 Å². The Morgan fingerprint density at radius 3 is 2.68 bits per heavy atom. The van der Waals surface area contributed by atoms with Crippen molar-refractivity contribution in [3.63, 3.8) is 0 Å². The molecular weight excluding hydrogens is 338 g/mol. The molecule has 25 heavy (non-hydrogen) atoms. The molecule has 0 amide bonds. The Morgan fingerprint density at radius 2 is 1.92 bits per heavy atom. The van der Waals surface area contributed by atoms with Crippen molar-refractivity contribution in [1.29, 1.82) is 0 Å². The van der Waals surface area contributed by atoms with E-state index in [2.05, 4.69) is 31.7 Å². The van der Waals surface area contributed by atoms with Gasteiger partial charge in [-0.25, -0.2) is 9.97 Å². The van der Waals surface area contributed by atoms with Crippen molar-refractivity contribution in [3.8, 4) is 11.5 Å². The summed E-state index contributed by atoms with van der Waals surface area (Å²) in [6.07, 6.45) is 2.72. The predicted molar refractivity (Wildman–Crippen MR) is 99.0 cm³/mol. The van der Waals surface area contributed by atoms with E-state index in [1.54, 1.807) is 0 Å². The maximum Gasteiger partial charge on any atom is 0.252 e. The second kappa shape index (κ2) is 6.98. The van der Waals surface area contributed by atoms with Gasteiger partial charge in [0.2, 0.25) is 5.89 Å². The van der Waals surface area contributed by atoms with Gasteiger partial charge in [0, 0.05) is 26.2 Å². The van der Waals surface area contributed by atoms with Crippen LogP contribution < -0.4 is 4.90 Å². The van der Waals surface area contributed by atoms with Gasteiger partial charge in [-0.05, 0) is 25.1 Å². The first kappa shape index (κ1) is 16.3. The molecule has 0 spiro atoms. The number of halogens is 1. The van der Waals surface area contributed by atoms with E-state index in [9.17, 15) is 0 Å². The standard InChI is InChI=1S/C18H20ClN5O/c1-2-7-23-8-10-24(11-9-23)16-15-18(21-12-20-16)25-17(22-15)13-5-3-4-6-14(13)19/h3-6,12H,2,7-11H2,1H3. The molecule has 0 saturated carbocycles. The summed E-state index contributed by atoms with van der Waals surface area (Å²) in [6, 6.07) is 7.51. The average molecular weight is 358 g/mol. The average Bonchev–Trinajstić information content (AvgIpc) is 3.07. The fraction of sp³-hybridized carbons (Fsp3) is 0.389. The number of oxazole rings is 1. The summed E-state index contributed by atoms with van der Waals surface area (Å²) >= 11 is 6.27. The quantitative estimate of drug-likeness (QED) is 0.712. The SMILES string of the molecule is CCCN1CCN(c2ncnc3oc(-c4ccccc4Cl)nc23)CC1. The van der Waals surface area contributed by atoms with Gasteiger partial charge >= 0.3 is 0 Å².